The van der Waals surface area contributed by atoms with Crippen molar-refractivity contribution in [2.45, 2.75) is 26.8 Å². The second kappa shape index (κ2) is 8.91. The molecule has 4 rings (SSSR count). The second-order valence-corrected chi connectivity index (χ2v) is 8.07. The van der Waals surface area contributed by atoms with Gasteiger partial charge in [-0.25, -0.2) is 24.1 Å². The lowest BCUT2D eigenvalue weighted by atomic mass is 10.2. The van der Waals surface area contributed by atoms with Gasteiger partial charge in [-0.2, -0.15) is 0 Å². The number of aromatic carboxylic acids is 1. The molecule has 0 bridgehead atoms. The van der Waals surface area contributed by atoms with Gasteiger partial charge in [0.2, 0.25) is 0 Å². The molecule has 0 amide bonds. The number of benzene rings is 1. The molecule has 0 aliphatic rings. The first-order valence-electron chi connectivity index (χ1n) is 10.0. The number of aromatic nitrogens is 4. The fourth-order valence-electron chi connectivity index (χ4n) is 3.73. The molecule has 10 heteroatoms. The molecular formula is C22H22FN5O3S. The number of fused-ring (bicyclic) bond motifs is 1. The zero-order chi connectivity index (χ0) is 22.8. The summed E-state index contributed by atoms with van der Waals surface area (Å²) in [4.78, 5) is 24.5. The Hall–Kier alpha value is -3.53. The summed E-state index contributed by atoms with van der Waals surface area (Å²) in [7, 11) is 1.58. The minimum absolute atomic E-state index is 0.224. The second-order valence-electron chi connectivity index (χ2n) is 7.08. The molecule has 0 saturated carbocycles. The van der Waals surface area contributed by atoms with Gasteiger partial charge in [0.15, 0.2) is 0 Å². The summed E-state index contributed by atoms with van der Waals surface area (Å²) in [5, 5.41) is 13.9. The maximum atomic E-state index is 14.5. The minimum atomic E-state index is -0.991. The standard InChI is InChI=1S/C22H22FN5O3S/c1-4-15-20(22(29)30)32-21(27-15)16-10-17(26-11-25-16)24-8-9-28-12(2)19(31-3)13-6-5-7-14(23)18(13)28/h5-7,10-11H,4,8-9H2,1-3H3,(H,29,30)(H,24,25,26). The van der Waals surface area contributed by atoms with E-state index in [1.165, 1.54) is 12.4 Å². The third-order valence-electron chi connectivity index (χ3n) is 5.19. The van der Waals surface area contributed by atoms with Gasteiger partial charge in [-0.1, -0.05) is 13.0 Å². The lowest BCUT2D eigenvalue weighted by Crippen LogP contribution is -2.13. The first-order chi connectivity index (χ1) is 15.4. The van der Waals surface area contributed by atoms with Crippen LogP contribution in [0.2, 0.25) is 0 Å². The zero-order valence-corrected chi connectivity index (χ0v) is 18.7. The van der Waals surface area contributed by atoms with Crippen molar-refractivity contribution in [3.8, 4) is 16.5 Å². The molecule has 0 radical (unpaired) electrons. The fraction of sp³-hybridized carbons (Fsp3) is 0.273. The Balaban J connectivity index is 1.54. The predicted octanol–water partition coefficient (Wildman–Crippen LogP) is 4.38. The van der Waals surface area contributed by atoms with Crippen LogP contribution in [0.25, 0.3) is 21.6 Å². The van der Waals surface area contributed by atoms with Crippen LogP contribution in [0.4, 0.5) is 10.2 Å². The van der Waals surface area contributed by atoms with Gasteiger partial charge >= 0.3 is 5.97 Å². The van der Waals surface area contributed by atoms with Crippen LogP contribution in [0.1, 0.15) is 28.0 Å². The van der Waals surface area contributed by atoms with Gasteiger partial charge < -0.3 is 19.7 Å². The molecule has 0 fully saturated rings. The largest absolute Gasteiger partial charge is 0.494 e. The molecule has 0 aliphatic carbocycles. The molecule has 32 heavy (non-hydrogen) atoms. The molecule has 3 aromatic heterocycles. The number of hydrogen-bond acceptors (Lipinski definition) is 7. The molecular weight excluding hydrogens is 433 g/mol. The number of ether oxygens (including phenoxy) is 1. The van der Waals surface area contributed by atoms with Crippen LogP contribution in [0.5, 0.6) is 5.75 Å². The van der Waals surface area contributed by atoms with Crippen molar-refractivity contribution >= 4 is 34.0 Å². The quantitative estimate of drug-likeness (QED) is 0.406. The number of carboxylic acids is 1. The first-order valence-corrected chi connectivity index (χ1v) is 10.9. The SMILES string of the molecule is CCc1nc(-c2cc(NCCn3c(C)c(OC)c4cccc(F)c43)ncn2)sc1C(=O)O. The summed E-state index contributed by atoms with van der Waals surface area (Å²) in [6.07, 6.45) is 1.93. The van der Waals surface area contributed by atoms with E-state index in [1.807, 2.05) is 24.5 Å². The summed E-state index contributed by atoms with van der Waals surface area (Å²) in [5.41, 5.74) is 2.43. The number of thiazole rings is 1. The van der Waals surface area contributed by atoms with Gasteiger partial charge in [-0.3, -0.25) is 0 Å². The molecule has 0 aliphatic heterocycles. The summed E-state index contributed by atoms with van der Waals surface area (Å²) in [6, 6.07) is 6.68. The summed E-state index contributed by atoms with van der Waals surface area (Å²) in [6.45, 7) is 4.74. The Kier molecular flexibility index (Phi) is 6.04. The van der Waals surface area contributed by atoms with Crippen LogP contribution < -0.4 is 10.1 Å². The molecule has 1 aromatic carbocycles. The Bertz CT molecular complexity index is 1300. The van der Waals surface area contributed by atoms with Crippen molar-refractivity contribution in [1.29, 1.82) is 0 Å². The van der Waals surface area contributed by atoms with Gasteiger partial charge in [0, 0.05) is 24.5 Å². The van der Waals surface area contributed by atoms with E-state index < -0.39 is 5.97 Å². The van der Waals surface area contributed by atoms with Gasteiger partial charge in [0.25, 0.3) is 0 Å². The van der Waals surface area contributed by atoms with Crippen LogP contribution in [-0.2, 0) is 13.0 Å². The molecule has 4 aromatic rings. The molecule has 2 N–H and O–H groups in total. The van der Waals surface area contributed by atoms with E-state index in [4.69, 9.17) is 4.74 Å². The Morgan fingerprint density at radius 3 is 2.84 bits per heavy atom. The highest BCUT2D eigenvalue weighted by Gasteiger charge is 2.19. The summed E-state index contributed by atoms with van der Waals surface area (Å²) < 4.78 is 21.9. The van der Waals surface area contributed by atoms with Crippen LogP contribution in [-0.4, -0.2) is 44.2 Å². The fourth-order valence-corrected chi connectivity index (χ4v) is 4.69. The van der Waals surface area contributed by atoms with E-state index in [9.17, 15) is 14.3 Å². The van der Waals surface area contributed by atoms with Gasteiger partial charge in [-0.15, -0.1) is 11.3 Å². The number of methoxy groups -OCH3 is 1. The lowest BCUT2D eigenvalue weighted by Gasteiger charge is -2.11. The highest BCUT2D eigenvalue weighted by Crippen LogP contribution is 2.34. The smallest absolute Gasteiger partial charge is 0.347 e. The number of rotatable bonds is 8. The number of nitrogens with one attached hydrogen (secondary N) is 1. The third-order valence-corrected chi connectivity index (χ3v) is 6.30. The number of anilines is 1. The van der Waals surface area contributed by atoms with Crippen molar-refractivity contribution < 1.29 is 19.0 Å². The van der Waals surface area contributed by atoms with E-state index in [-0.39, 0.29) is 10.7 Å². The molecule has 0 saturated heterocycles. The molecule has 3 heterocycles. The molecule has 0 atom stereocenters. The highest BCUT2D eigenvalue weighted by atomic mass is 32.1. The molecule has 0 unspecified atom stereocenters. The van der Waals surface area contributed by atoms with Gasteiger partial charge in [0.1, 0.15) is 39.3 Å². The van der Waals surface area contributed by atoms with Crippen LogP contribution in [0, 0.1) is 12.7 Å². The number of carboxylic acid groups (broad SMARTS) is 1. The van der Waals surface area contributed by atoms with Crippen molar-refractivity contribution in [1.82, 2.24) is 19.5 Å². The van der Waals surface area contributed by atoms with Gasteiger partial charge in [0.05, 0.1) is 24.0 Å². The van der Waals surface area contributed by atoms with E-state index in [0.717, 1.165) is 22.4 Å². The van der Waals surface area contributed by atoms with Crippen molar-refractivity contribution in [3.63, 3.8) is 0 Å². The molecule has 8 nitrogen and oxygen atoms in total. The van der Waals surface area contributed by atoms with E-state index in [1.54, 1.807) is 19.2 Å². The van der Waals surface area contributed by atoms with E-state index in [2.05, 4.69) is 20.3 Å². The number of carbonyl (C=O) groups is 1. The molecule has 166 valence electrons. The lowest BCUT2D eigenvalue weighted by molar-refractivity contribution is 0.0700. The average molecular weight is 456 g/mol. The number of aryl methyl sites for hydroxylation is 1. The van der Waals surface area contributed by atoms with Crippen molar-refractivity contribution in [2.24, 2.45) is 0 Å². The van der Waals surface area contributed by atoms with Crippen molar-refractivity contribution in [2.75, 3.05) is 19.0 Å². The average Bonchev–Trinajstić information content (AvgIpc) is 3.34. The van der Waals surface area contributed by atoms with Crippen LogP contribution in [0.15, 0.2) is 30.6 Å². The predicted molar refractivity (Wildman–Crippen MR) is 121 cm³/mol. The van der Waals surface area contributed by atoms with E-state index >= 15 is 0 Å². The highest BCUT2D eigenvalue weighted by molar-refractivity contribution is 7.17. The Morgan fingerprint density at radius 1 is 1.34 bits per heavy atom. The minimum Gasteiger partial charge on any atom is -0.494 e. The summed E-state index contributed by atoms with van der Waals surface area (Å²) in [5.74, 6) is -0.0619. The zero-order valence-electron chi connectivity index (χ0n) is 17.8. The maximum Gasteiger partial charge on any atom is 0.347 e. The maximum absolute atomic E-state index is 14.5. The van der Waals surface area contributed by atoms with Gasteiger partial charge in [-0.05, 0) is 25.5 Å². The Morgan fingerprint density at radius 2 is 2.16 bits per heavy atom. The number of hydrogen-bond donors (Lipinski definition) is 2. The third kappa shape index (κ3) is 3.89. The van der Waals surface area contributed by atoms with Crippen LogP contribution in [0.3, 0.4) is 0 Å². The van der Waals surface area contributed by atoms with Crippen LogP contribution >= 0.6 is 11.3 Å². The topological polar surface area (TPSA) is 102 Å². The molecule has 0 spiro atoms. The van der Waals surface area contributed by atoms with Crippen molar-refractivity contribution in [3.05, 3.63) is 52.7 Å². The number of para-hydroxylation sites is 1. The van der Waals surface area contributed by atoms with E-state index in [0.29, 0.717) is 53.0 Å². The Labute approximate surface area is 187 Å². The normalized spacial score (nSPS) is 11.1. The summed E-state index contributed by atoms with van der Waals surface area (Å²) >= 11 is 1.10. The number of halogens is 1. The monoisotopic (exact) mass is 455 g/mol. The number of nitrogens with zero attached hydrogens (tertiary/aromatic N) is 4. The first kappa shape index (κ1) is 21.7.